The van der Waals surface area contributed by atoms with Gasteiger partial charge in [0.2, 0.25) is 0 Å². The molecule has 0 saturated carbocycles. The van der Waals surface area contributed by atoms with Gasteiger partial charge >= 0.3 is 0 Å². The van der Waals surface area contributed by atoms with Gasteiger partial charge in [-0.25, -0.2) is 4.39 Å². The van der Waals surface area contributed by atoms with Gasteiger partial charge < -0.3 is 4.74 Å². The molecule has 1 heterocycles. The topological polar surface area (TPSA) is 27.1 Å². The highest BCUT2D eigenvalue weighted by Crippen LogP contribution is 2.24. The van der Waals surface area contributed by atoms with Gasteiger partial charge in [0, 0.05) is 18.8 Å². The smallest absolute Gasteiger partial charge is 0.165 e. The van der Waals surface area contributed by atoms with Crippen LogP contribution in [-0.4, -0.2) is 16.4 Å². The Labute approximate surface area is 93.5 Å². The highest BCUT2D eigenvalue weighted by molar-refractivity contribution is 5.60. The maximum atomic E-state index is 13.6. The molecule has 0 unspecified atom stereocenters. The van der Waals surface area contributed by atoms with Crippen LogP contribution in [0.4, 0.5) is 4.39 Å². The lowest BCUT2D eigenvalue weighted by molar-refractivity contribution is 0.321. The molecule has 16 heavy (non-hydrogen) atoms. The Morgan fingerprint density at radius 3 is 2.75 bits per heavy atom. The zero-order chi connectivity index (χ0) is 11.5. The van der Waals surface area contributed by atoms with E-state index in [9.17, 15) is 4.39 Å². The third-order valence-corrected chi connectivity index (χ3v) is 2.35. The van der Waals surface area contributed by atoms with Crippen LogP contribution in [0.5, 0.6) is 5.75 Å². The fourth-order valence-electron chi connectivity index (χ4n) is 1.59. The first kappa shape index (κ1) is 10.7. The first-order chi connectivity index (χ1) is 7.72. The van der Waals surface area contributed by atoms with Crippen LogP contribution in [0.15, 0.2) is 30.5 Å². The van der Waals surface area contributed by atoms with Gasteiger partial charge in [-0.15, -0.1) is 0 Å². The normalized spacial score (nSPS) is 10.4. The highest BCUT2D eigenvalue weighted by Gasteiger charge is 2.07. The van der Waals surface area contributed by atoms with Gasteiger partial charge in [-0.3, -0.25) is 4.68 Å². The van der Waals surface area contributed by atoms with Crippen LogP contribution in [0.3, 0.4) is 0 Å². The highest BCUT2D eigenvalue weighted by atomic mass is 19.1. The van der Waals surface area contributed by atoms with E-state index in [1.54, 1.807) is 16.9 Å². The Hall–Kier alpha value is -1.84. The third kappa shape index (κ3) is 1.91. The maximum Gasteiger partial charge on any atom is 0.165 e. The third-order valence-electron chi connectivity index (χ3n) is 2.35. The number of hydrogen-bond acceptors (Lipinski definition) is 2. The van der Waals surface area contributed by atoms with Gasteiger partial charge in [0.25, 0.3) is 0 Å². The largest absolute Gasteiger partial charge is 0.491 e. The summed E-state index contributed by atoms with van der Waals surface area (Å²) in [5, 5.41) is 4.04. The van der Waals surface area contributed by atoms with E-state index in [0.717, 1.165) is 11.3 Å². The first-order valence-electron chi connectivity index (χ1n) is 5.13. The predicted octanol–water partition coefficient (Wildman–Crippen LogP) is 2.62. The van der Waals surface area contributed by atoms with E-state index < -0.39 is 0 Å². The van der Waals surface area contributed by atoms with Crippen LogP contribution in [-0.2, 0) is 7.05 Å². The number of aryl methyl sites for hydroxylation is 1. The molecule has 0 bridgehead atoms. The summed E-state index contributed by atoms with van der Waals surface area (Å²) in [5.41, 5.74) is 1.67. The summed E-state index contributed by atoms with van der Waals surface area (Å²) >= 11 is 0. The van der Waals surface area contributed by atoms with Crippen LogP contribution in [0.25, 0.3) is 11.3 Å². The summed E-state index contributed by atoms with van der Waals surface area (Å²) in [7, 11) is 1.82. The zero-order valence-corrected chi connectivity index (χ0v) is 9.27. The summed E-state index contributed by atoms with van der Waals surface area (Å²) in [4.78, 5) is 0. The molecule has 2 aromatic rings. The Balaban J connectivity index is 2.38. The Kier molecular flexibility index (Phi) is 2.90. The molecule has 0 atom stereocenters. The molecule has 0 N–H and O–H groups in total. The van der Waals surface area contributed by atoms with Crippen molar-refractivity contribution in [2.24, 2.45) is 7.05 Å². The number of aromatic nitrogens is 2. The number of hydrogen-bond donors (Lipinski definition) is 0. The SMILES string of the molecule is CCOc1ccc(-c2ccnn2C)cc1F. The molecule has 84 valence electrons. The summed E-state index contributed by atoms with van der Waals surface area (Å²) in [5.74, 6) is -0.0611. The van der Waals surface area contributed by atoms with Crippen LogP contribution in [0, 0.1) is 5.82 Å². The van der Waals surface area contributed by atoms with E-state index in [-0.39, 0.29) is 11.6 Å². The minimum absolute atomic E-state index is 0.286. The molecule has 0 saturated heterocycles. The molecule has 2 rings (SSSR count). The lowest BCUT2D eigenvalue weighted by Gasteiger charge is -2.07. The second-order valence-electron chi connectivity index (χ2n) is 3.42. The Morgan fingerprint density at radius 2 is 2.19 bits per heavy atom. The maximum absolute atomic E-state index is 13.6. The second kappa shape index (κ2) is 4.35. The molecule has 0 spiro atoms. The summed E-state index contributed by atoms with van der Waals surface area (Å²) in [6.45, 7) is 2.29. The number of nitrogens with zero attached hydrogens (tertiary/aromatic N) is 2. The van der Waals surface area contributed by atoms with Crippen molar-refractivity contribution in [3.05, 3.63) is 36.3 Å². The monoisotopic (exact) mass is 220 g/mol. The van der Waals surface area contributed by atoms with Crippen LogP contribution >= 0.6 is 0 Å². The molecule has 4 heteroatoms. The van der Waals surface area contributed by atoms with E-state index >= 15 is 0 Å². The molecule has 0 amide bonds. The first-order valence-corrected chi connectivity index (χ1v) is 5.13. The van der Waals surface area contributed by atoms with Crippen molar-refractivity contribution in [3.63, 3.8) is 0 Å². The molecule has 0 radical (unpaired) electrons. The molecular formula is C12H13FN2O. The average Bonchev–Trinajstić information content (AvgIpc) is 2.68. The molecule has 0 aliphatic heterocycles. The van der Waals surface area contributed by atoms with Crippen molar-refractivity contribution in [2.75, 3.05) is 6.61 Å². The van der Waals surface area contributed by atoms with Crippen molar-refractivity contribution in [1.82, 2.24) is 9.78 Å². The number of rotatable bonds is 3. The Bertz CT molecular complexity index is 494. The minimum atomic E-state index is -0.347. The van der Waals surface area contributed by atoms with Gasteiger partial charge in [-0.2, -0.15) is 5.10 Å². The van der Waals surface area contributed by atoms with Crippen LogP contribution in [0.1, 0.15) is 6.92 Å². The van der Waals surface area contributed by atoms with E-state index in [2.05, 4.69) is 5.10 Å². The van der Waals surface area contributed by atoms with Crippen molar-refractivity contribution in [3.8, 4) is 17.0 Å². The Morgan fingerprint density at radius 1 is 1.38 bits per heavy atom. The molecule has 1 aromatic carbocycles. The lowest BCUT2D eigenvalue weighted by Crippen LogP contribution is -1.97. The van der Waals surface area contributed by atoms with Crippen molar-refractivity contribution >= 4 is 0 Å². The molecule has 0 fully saturated rings. The molecular weight excluding hydrogens is 207 g/mol. The fraction of sp³-hybridized carbons (Fsp3) is 0.250. The van der Waals surface area contributed by atoms with E-state index in [1.165, 1.54) is 6.07 Å². The summed E-state index contributed by atoms with van der Waals surface area (Å²) in [6.07, 6.45) is 1.68. The van der Waals surface area contributed by atoms with Crippen LogP contribution in [0.2, 0.25) is 0 Å². The quantitative estimate of drug-likeness (QED) is 0.795. The van der Waals surface area contributed by atoms with Gasteiger partial charge in [0.1, 0.15) is 0 Å². The van der Waals surface area contributed by atoms with Gasteiger partial charge in [0.15, 0.2) is 11.6 Å². The summed E-state index contributed by atoms with van der Waals surface area (Å²) < 4.78 is 20.5. The number of benzene rings is 1. The van der Waals surface area contributed by atoms with Crippen LogP contribution < -0.4 is 4.74 Å². The summed E-state index contributed by atoms with van der Waals surface area (Å²) in [6, 6.07) is 6.77. The van der Waals surface area contributed by atoms with Gasteiger partial charge in [0.05, 0.1) is 12.3 Å². The molecule has 0 aliphatic carbocycles. The van der Waals surface area contributed by atoms with E-state index in [4.69, 9.17) is 4.74 Å². The van der Waals surface area contributed by atoms with Crippen molar-refractivity contribution in [2.45, 2.75) is 6.92 Å². The minimum Gasteiger partial charge on any atom is -0.491 e. The molecule has 0 aliphatic rings. The predicted molar refractivity (Wildman–Crippen MR) is 59.8 cm³/mol. The standard InChI is InChI=1S/C12H13FN2O/c1-3-16-12-5-4-9(8-10(12)13)11-6-7-14-15(11)2/h4-8H,3H2,1-2H3. The van der Waals surface area contributed by atoms with Crippen molar-refractivity contribution in [1.29, 1.82) is 0 Å². The number of ether oxygens (including phenoxy) is 1. The average molecular weight is 220 g/mol. The van der Waals surface area contributed by atoms with E-state index in [0.29, 0.717) is 6.61 Å². The fourth-order valence-corrected chi connectivity index (χ4v) is 1.59. The van der Waals surface area contributed by atoms with E-state index in [1.807, 2.05) is 26.1 Å². The second-order valence-corrected chi connectivity index (χ2v) is 3.42. The van der Waals surface area contributed by atoms with Gasteiger partial charge in [-0.1, -0.05) is 0 Å². The number of halogens is 1. The lowest BCUT2D eigenvalue weighted by atomic mass is 10.1. The zero-order valence-electron chi connectivity index (χ0n) is 9.27. The molecule has 1 aromatic heterocycles. The van der Waals surface area contributed by atoms with Gasteiger partial charge in [-0.05, 0) is 31.2 Å². The molecule has 3 nitrogen and oxygen atoms in total. The van der Waals surface area contributed by atoms with Crippen molar-refractivity contribution < 1.29 is 9.13 Å².